The molecule has 0 saturated carbocycles. The van der Waals surface area contributed by atoms with Crippen LogP contribution in [0, 0.1) is 19.7 Å². The second kappa shape index (κ2) is 7.88. The van der Waals surface area contributed by atoms with Crippen LogP contribution < -0.4 is 10.7 Å². The summed E-state index contributed by atoms with van der Waals surface area (Å²) >= 11 is 3.18. The first-order valence-electron chi connectivity index (χ1n) is 9.24. The third kappa shape index (κ3) is 3.91. The van der Waals surface area contributed by atoms with Crippen molar-refractivity contribution < 1.29 is 13.6 Å². The molecule has 0 radical (unpaired) electrons. The second-order valence-corrected chi connectivity index (χ2v) is 8.00. The zero-order chi connectivity index (χ0) is 21.4. The summed E-state index contributed by atoms with van der Waals surface area (Å²) < 4.78 is 20.5. The van der Waals surface area contributed by atoms with Crippen LogP contribution in [0.5, 0.6) is 0 Å². The lowest BCUT2D eigenvalue weighted by Crippen LogP contribution is -2.12. The van der Waals surface area contributed by atoms with E-state index in [-0.39, 0.29) is 11.1 Å². The molecule has 1 N–H and O–H groups in total. The van der Waals surface area contributed by atoms with Crippen LogP contribution in [0.1, 0.15) is 21.5 Å². The van der Waals surface area contributed by atoms with E-state index in [0.29, 0.717) is 32.3 Å². The van der Waals surface area contributed by atoms with Gasteiger partial charge in [-0.25, -0.2) is 4.39 Å². The Morgan fingerprint density at radius 3 is 2.43 bits per heavy atom. The average molecular weight is 466 g/mol. The zero-order valence-electron chi connectivity index (χ0n) is 16.3. The molecule has 4 nitrogen and oxygen atoms in total. The first-order valence-corrected chi connectivity index (χ1v) is 10.0. The van der Waals surface area contributed by atoms with Gasteiger partial charge in [0.2, 0.25) is 0 Å². The lowest BCUT2D eigenvalue weighted by atomic mass is 10.1. The molecule has 30 heavy (non-hydrogen) atoms. The maximum absolute atomic E-state index is 13.9. The molecule has 3 aromatic carbocycles. The van der Waals surface area contributed by atoms with E-state index in [2.05, 4.69) is 21.2 Å². The highest BCUT2D eigenvalue weighted by Gasteiger charge is 2.12. The molecule has 0 atom stereocenters. The largest absolute Gasteiger partial charge is 0.456 e. The molecule has 4 aromatic rings. The molecule has 0 bridgehead atoms. The summed E-state index contributed by atoms with van der Waals surface area (Å²) in [6, 6.07) is 16.2. The standard InChI is InChI=1S/C24H17BrFNO3/c1-13-9-14(2)23-18(10-13)21(28)12-22(30-23)15-3-5-16(6-4-15)24(29)27-20-8-7-17(25)11-19(20)26/h3-12H,1-2H3,(H,27,29). The quantitative estimate of drug-likeness (QED) is 0.390. The molecule has 4 rings (SSSR count). The Hall–Kier alpha value is -3.25. The van der Waals surface area contributed by atoms with Gasteiger partial charge in [0.15, 0.2) is 5.43 Å². The van der Waals surface area contributed by atoms with Crippen LogP contribution in [-0.4, -0.2) is 5.91 Å². The fourth-order valence-electron chi connectivity index (χ4n) is 3.32. The molecule has 1 aromatic heterocycles. The Bertz CT molecular complexity index is 1340. The monoisotopic (exact) mass is 465 g/mol. The van der Waals surface area contributed by atoms with Gasteiger partial charge in [-0.15, -0.1) is 0 Å². The Labute approximate surface area is 180 Å². The number of rotatable bonds is 3. The molecule has 1 amide bonds. The van der Waals surface area contributed by atoms with Crippen molar-refractivity contribution in [3.8, 4) is 11.3 Å². The number of carbonyl (C=O) groups is 1. The summed E-state index contributed by atoms with van der Waals surface area (Å²) in [5, 5.41) is 3.10. The highest BCUT2D eigenvalue weighted by molar-refractivity contribution is 9.10. The van der Waals surface area contributed by atoms with E-state index >= 15 is 0 Å². The minimum atomic E-state index is -0.530. The van der Waals surface area contributed by atoms with Crippen molar-refractivity contribution >= 4 is 38.5 Å². The van der Waals surface area contributed by atoms with E-state index in [0.717, 1.165) is 11.1 Å². The third-order valence-corrected chi connectivity index (χ3v) is 5.26. The summed E-state index contributed by atoms with van der Waals surface area (Å²) in [6.45, 7) is 3.83. The number of anilines is 1. The summed E-state index contributed by atoms with van der Waals surface area (Å²) in [4.78, 5) is 25.0. The lowest BCUT2D eigenvalue weighted by molar-refractivity contribution is 0.102. The van der Waals surface area contributed by atoms with Crippen LogP contribution >= 0.6 is 15.9 Å². The summed E-state index contributed by atoms with van der Waals surface area (Å²) in [6.07, 6.45) is 0. The van der Waals surface area contributed by atoms with E-state index in [1.54, 1.807) is 30.3 Å². The van der Waals surface area contributed by atoms with Crippen molar-refractivity contribution in [1.82, 2.24) is 0 Å². The number of hydrogen-bond acceptors (Lipinski definition) is 3. The summed E-state index contributed by atoms with van der Waals surface area (Å²) in [7, 11) is 0. The first-order chi connectivity index (χ1) is 14.3. The van der Waals surface area contributed by atoms with Gasteiger partial charge in [0.1, 0.15) is 17.2 Å². The molecule has 0 spiro atoms. The van der Waals surface area contributed by atoms with Gasteiger partial charge in [-0.2, -0.15) is 0 Å². The van der Waals surface area contributed by atoms with Crippen LogP contribution in [0.3, 0.4) is 0 Å². The van der Waals surface area contributed by atoms with Crippen LogP contribution in [0.2, 0.25) is 0 Å². The molecule has 1 heterocycles. The van der Waals surface area contributed by atoms with Gasteiger partial charge >= 0.3 is 0 Å². The van der Waals surface area contributed by atoms with Crippen molar-refractivity contribution in [3.63, 3.8) is 0 Å². The van der Waals surface area contributed by atoms with Crippen LogP contribution in [0.15, 0.2) is 74.3 Å². The van der Waals surface area contributed by atoms with Crippen molar-refractivity contribution in [2.75, 3.05) is 5.32 Å². The van der Waals surface area contributed by atoms with E-state index in [9.17, 15) is 14.0 Å². The Balaban J connectivity index is 1.63. The van der Waals surface area contributed by atoms with Crippen LogP contribution in [0.4, 0.5) is 10.1 Å². The Morgan fingerprint density at radius 1 is 1.00 bits per heavy atom. The van der Waals surface area contributed by atoms with Gasteiger partial charge in [-0.05, 0) is 61.4 Å². The van der Waals surface area contributed by atoms with E-state index in [4.69, 9.17) is 4.42 Å². The van der Waals surface area contributed by atoms with E-state index in [1.807, 2.05) is 26.0 Å². The number of nitrogens with one attached hydrogen (secondary N) is 1. The molecule has 0 saturated heterocycles. The molecule has 6 heteroatoms. The minimum Gasteiger partial charge on any atom is -0.456 e. The van der Waals surface area contributed by atoms with E-state index in [1.165, 1.54) is 18.2 Å². The number of halogens is 2. The smallest absolute Gasteiger partial charge is 0.255 e. The normalized spacial score (nSPS) is 10.9. The third-order valence-electron chi connectivity index (χ3n) is 4.77. The minimum absolute atomic E-state index is 0.0959. The van der Waals surface area contributed by atoms with Crippen molar-refractivity contribution in [2.24, 2.45) is 0 Å². The van der Waals surface area contributed by atoms with Crippen molar-refractivity contribution in [2.45, 2.75) is 13.8 Å². The van der Waals surface area contributed by atoms with Crippen molar-refractivity contribution in [1.29, 1.82) is 0 Å². The highest BCUT2D eigenvalue weighted by atomic mass is 79.9. The fourth-order valence-corrected chi connectivity index (χ4v) is 3.66. The van der Waals surface area contributed by atoms with Crippen molar-refractivity contribution in [3.05, 3.63) is 97.9 Å². The van der Waals surface area contributed by atoms with Gasteiger partial charge < -0.3 is 9.73 Å². The maximum Gasteiger partial charge on any atom is 0.255 e. The fraction of sp³-hybridized carbons (Fsp3) is 0.0833. The van der Waals surface area contributed by atoms with Gasteiger partial charge in [0.05, 0.1) is 11.1 Å². The van der Waals surface area contributed by atoms with Gasteiger partial charge in [0.25, 0.3) is 5.91 Å². The van der Waals surface area contributed by atoms with E-state index < -0.39 is 11.7 Å². The SMILES string of the molecule is Cc1cc(C)c2oc(-c3ccc(C(=O)Nc4ccc(Br)cc4F)cc3)cc(=O)c2c1. The highest BCUT2D eigenvalue weighted by Crippen LogP contribution is 2.26. The van der Waals surface area contributed by atoms with Gasteiger partial charge in [0, 0.05) is 21.7 Å². The Morgan fingerprint density at radius 2 is 1.73 bits per heavy atom. The topological polar surface area (TPSA) is 59.3 Å². The van der Waals surface area contributed by atoms with Crippen LogP contribution in [-0.2, 0) is 0 Å². The molecular formula is C24H17BrFNO3. The zero-order valence-corrected chi connectivity index (χ0v) is 17.8. The number of hydrogen-bond donors (Lipinski definition) is 1. The first kappa shape index (κ1) is 20.0. The number of carbonyl (C=O) groups excluding carboxylic acids is 1. The van der Waals surface area contributed by atoms with Gasteiger partial charge in [-0.1, -0.05) is 34.1 Å². The number of aryl methyl sites for hydroxylation is 2. The summed E-state index contributed by atoms with van der Waals surface area (Å²) in [5.74, 6) is -0.544. The molecular weight excluding hydrogens is 449 g/mol. The van der Waals surface area contributed by atoms with Gasteiger partial charge in [-0.3, -0.25) is 9.59 Å². The lowest BCUT2D eigenvalue weighted by Gasteiger charge is -2.09. The molecule has 0 unspecified atom stereocenters. The number of benzene rings is 3. The summed E-state index contributed by atoms with van der Waals surface area (Å²) in [5.41, 5.74) is 3.44. The Kier molecular flexibility index (Phi) is 5.26. The predicted molar refractivity (Wildman–Crippen MR) is 119 cm³/mol. The predicted octanol–water partition coefficient (Wildman–Crippen LogP) is 6.23. The molecule has 150 valence electrons. The number of amides is 1. The molecule has 0 aliphatic carbocycles. The molecule has 0 aliphatic heterocycles. The molecule has 0 fully saturated rings. The second-order valence-electron chi connectivity index (χ2n) is 7.09. The average Bonchev–Trinajstić information content (AvgIpc) is 2.71. The molecule has 0 aliphatic rings. The number of fused-ring (bicyclic) bond motifs is 1. The van der Waals surface area contributed by atoms with Crippen LogP contribution in [0.25, 0.3) is 22.3 Å². The maximum atomic E-state index is 13.9.